The Morgan fingerprint density at radius 2 is 2.46 bits per heavy atom. The van der Waals surface area contributed by atoms with E-state index in [9.17, 15) is 4.79 Å². The molecule has 5 nitrogen and oxygen atoms in total. The Labute approximate surface area is 81.7 Å². The molecule has 1 unspecified atom stereocenters. The van der Waals surface area contributed by atoms with E-state index in [-0.39, 0.29) is 11.6 Å². The van der Waals surface area contributed by atoms with Crippen molar-refractivity contribution in [1.29, 1.82) is 0 Å². The van der Waals surface area contributed by atoms with Gasteiger partial charge in [0.25, 0.3) is 0 Å². The SMILES string of the molecule is NC(=O)N1CCCC2(CNSN2)C1. The van der Waals surface area contributed by atoms with Crippen LogP contribution in [0.3, 0.4) is 0 Å². The van der Waals surface area contributed by atoms with Gasteiger partial charge in [0.15, 0.2) is 0 Å². The summed E-state index contributed by atoms with van der Waals surface area (Å²) in [7, 11) is 0. The van der Waals surface area contributed by atoms with E-state index in [1.807, 2.05) is 0 Å². The van der Waals surface area contributed by atoms with Crippen LogP contribution in [0.5, 0.6) is 0 Å². The lowest BCUT2D eigenvalue weighted by molar-refractivity contribution is 0.158. The normalized spacial score (nSPS) is 34.0. The minimum atomic E-state index is -0.308. The molecule has 2 aliphatic rings. The molecule has 2 amide bonds. The lowest BCUT2D eigenvalue weighted by atomic mass is 9.90. The zero-order valence-corrected chi connectivity index (χ0v) is 8.19. The van der Waals surface area contributed by atoms with E-state index in [1.165, 1.54) is 12.1 Å². The maximum Gasteiger partial charge on any atom is 0.314 e. The lowest BCUT2D eigenvalue weighted by Gasteiger charge is -2.38. The van der Waals surface area contributed by atoms with Gasteiger partial charge in [0.05, 0.1) is 5.54 Å². The molecule has 0 aromatic heterocycles. The molecule has 1 atom stereocenters. The van der Waals surface area contributed by atoms with Gasteiger partial charge in [-0.2, -0.15) is 0 Å². The monoisotopic (exact) mass is 202 g/mol. The van der Waals surface area contributed by atoms with E-state index in [0.29, 0.717) is 0 Å². The largest absolute Gasteiger partial charge is 0.351 e. The van der Waals surface area contributed by atoms with Gasteiger partial charge in [-0.3, -0.25) is 0 Å². The molecule has 0 aromatic carbocycles. The number of nitrogens with two attached hydrogens (primary N) is 1. The Morgan fingerprint density at radius 3 is 3.08 bits per heavy atom. The first-order valence-corrected chi connectivity index (χ1v) is 5.24. The van der Waals surface area contributed by atoms with E-state index in [0.717, 1.165) is 32.5 Å². The topological polar surface area (TPSA) is 70.4 Å². The molecule has 74 valence electrons. The van der Waals surface area contributed by atoms with E-state index in [1.54, 1.807) is 4.90 Å². The average molecular weight is 202 g/mol. The Hall–Kier alpha value is -0.460. The summed E-state index contributed by atoms with van der Waals surface area (Å²) in [6.07, 6.45) is 2.13. The molecule has 2 fully saturated rings. The van der Waals surface area contributed by atoms with Crippen LogP contribution in [-0.2, 0) is 0 Å². The first-order chi connectivity index (χ1) is 6.22. The average Bonchev–Trinajstić information content (AvgIpc) is 2.53. The highest BCUT2D eigenvalue weighted by Crippen LogP contribution is 2.26. The fraction of sp³-hybridized carbons (Fsp3) is 0.857. The van der Waals surface area contributed by atoms with Gasteiger partial charge >= 0.3 is 6.03 Å². The summed E-state index contributed by atoms with van der Waals surface area (Å²) < 4.78 is 6.48. The summed E-state index contributed by atoms with van der Waals surface area (Å²) in [6.45, 7) is 2.42. The van der Waals surface area contributed by atoms with Crippen LogP contribution in [0.1, 0.15) is 12.8 Å². The highest BCUT2D eigenvalue weighted by atomic mass is 32.2. The fourth-order valence-electron chi connectivity index (χ4n) is 1.90. The Balaban J connectivity index is 2.02. The molecule has 0 radical (unpaired) electrons. The minimum absolute atomic E-state index is 0.0535. The van der Waals surface area contributed by atoms with Gasteiger partial charge in [-0.05, 0) is 12.8 Å². The number of amides is 2. The van der Waals surface area contributed by atoms with Crippen molar-refractivity contribution in [2.45, 2.75) is 18.4 Å². The number of hydrogen-bond acceptors (Lipinski definition) is 4. The molecule has 4 N–H and O–H groups in total. The molecular formula is C7H14N4OS. The molecule has 2 rings (SSSR count). The van der Waals surface area contributed by atoms with Gasteiger partial charge in [-0.1, -0.05) is 0 Å². The zero-order valence-electron chi connectivity index (χ0n) is 7.38. The number of hydrogen-bond donors (Lipinski definition) is 3. The molecule has 6 heteroatoms. The second kappa shape index (κ2) is 3.36. The van der Waals surface area contributed by atoms with Crippen LogP contribution >= 0.6 is 12.1 Å². The molecule has 0 saturated carbocycles. The third-order valence-corrected chi connectivity index (χ3v) is 3.46. The van der Waals surface area contributed by atoms with Gasteiger partial charge in [0.1, 0.15) is 0 Å². The summed E-state index contributed by atoms with van der Waals surface area (Å²) in [5.74, 6) is 0. The van der Waals surface area contributed by atoms with E-state index < -0.39 is 0 Å². The van der Waals surface area contributed by atoms with E-state index in [4.69, 9.17) is 5.73 Å². The fourth-order valence-corrected chi connectivity index (χ4v) is 2.78. The quantitative estimate of drug-likeness (QED) is 0.470. The maximum absolute atomic E-state index is 11.0. The third-order valence-electron chi connectivity index (χ3n) is 2.64. The standard InChI is InChI=1S/C7H14N4OS/c8-6(12)11-3-1-2-7(5-11)4-9-13-10-7/h9-10H,1-5H2,(H2,8,12). The van der Waals surface area contributed by atoms with Crippen LogP contribution in [0.25, 0.3) is 0 Å². The van der Waals surface area contributed by atoms with Gasteiger partial charge in [-0.25, -0.2) is 14.2 Å². The maximum atomic E-state index is 11.0. The van der Waals surface area contributed by atoms with Gasteiger partial charge < -0.3 is 10.6 Å². The van der Waals surface area contributed by atoms with Crippen molar-refractivity contribution >= 4 is 18.2 Å². The lowest BCUT2D eigenvalue weighted by Crippen LogP contribution is -2.57. The first kappa shape index (κ1) is 9.11. The molecule has 0 aromatic rings. The van der Waals surface area contributed by atoms with Crippen LogP contribution in [0.2, 0.25) is 0 Å². The number of piperidine rings is 1. The van der Waals surface area contributed by atoms with Crippen LogP contribution < -0.4 is 15.2 Å². The number of rotatable bonds is 0. The van der Waals surface area contributed by atoms with Crippen molar-refractivity contribution in [3.63, 3.8) is 0 Å². The van der Waals surface area contributed by atoms with Gasteiger partial charge in [0.2, 0.25) is 0 Å². The number of likely N-dealkylation sites (tertiary alicyclic amines) is 1. The number of urea groups is 1. The first-order valence-electron chi connectivity index (χ1n) is 4.42. The minimum Gasteiger partial charge on any atom is -0.351 e. The van der Waals surface area contributed by atoms with E-state index >= 15 is 0 Å². The number of nitrogens with one attached hydrogen (secondary N) is 2. The summed E-state index contributed by atoms with van der Waals surface area (Å²) in [5.41, 5.74) is 5.30. The molecule has 0 bridgehead atoms. The van der Waals surface area contributed by atoms with Crippen molar-refractivity contribution in [3.05, 3.63) is 0 Å². The van der Waals surface area contributed by atoms with Crippen LogP contribution in [-0.4, -0.2) is 36.1 Å². The van der Waals surface area contributed by atoms with Gasteiger partial charge in [0, 0.05) is 31.8 Å². The predicted octanol–water partition coefficient (Wildman–Crippen LogP) is -0.344. The molecule has 2 heterocycles. The number of nitrogens with zero attached hydrogens (tertiary/aromatic N) is 1. The second-order valence-corrected chi connectivity index (χ2v) is 4.37. The molecular weight excluding hydrogens is 188 g/mol. The van der Waals surface area contributed by atoms with Crippen molar-refractivity contribution in [3.8, 4) is 0 Å². The van der Waals surface area contributed by atoms with Crippen LogP contribution in [0.15, 0.2) is 0 Å². The van der Waals surface area contributed by atoms with Crippen molar-refractivity contribution in [2.75, 3.05) is 19.6 Å². The van der Waals surface area contributed by atoms with Crippen LogP contribution in [0, 0.1) is 0 Å². The third kappa shape index (κ3) is 1.74. The van der Waals surface area contributed by atoms with Crippen molar-refractivity contribution in [1.82, 2.24) is 14.3 Å². The van der Waals surface area contributed by atoms with Crippen molar-refractivity contribution in [2.24, 2.45) is 5.73 Å². The Bertz CT molecular complexity index is 217. The molecule has 1 spiro atoms. The molecule has 2 aliphatic heterocycles. The predicted molar refractivity (Wildman–Crippen MR) is 51.9 cm³/mol. The second-order valence-electron chi connectivity index (χ2n) is 3.67. The highest BCUT2D eigenvalue weighted by molar-refractivity contribution is 7.95. The van der Waals surface area contributed by atoms with E-state index in [2.05, 4.69) is 9.44 Å². The summed E-state index contributed by atoms with van der Waals surface area (Å²) in [5, 5.41) is 0. The van der Waals surface area contributed by atoms with Crippen molar-refractivity contribution < 1.29 is 4.79 Å². The Morgan fingerprint density at radius 1 is 1.62 bits per heavy atom. The number of carbonyl (C=O) groups is 1. The van der Waals surface area contributed by atoms with Crippen LogP contribution in [0.4, 0.5) is 4.79 Å². The smallest absolute Gasteiger partial charge is 0.314 e. The summed E-state index contributed by atoms with van der Waals surface area (Å²) in [4.78, 5) is 12.7. The zero-order chi connectivity index (χ0) is 9.31. The van der Waals surface area contributed by atoms with Gasteiger partial charge in [-0.15, -0.1) is 0 Å². The molecule has 0 aliphatic carbocycles. The number of primary amides is 1. The molecule has 13 heavy (non-hydrogen) atoms. The summed E-state index contributed by atoms with van der Waals surface area (Å²) in [6, 6.07) is -0.308. The summed E-state index contributed by atoms with van der Waals surface area (Å²) >= 11 is 1.51. The Kier molecular flexibility index (Phi) is 2.35. The molecule has 2 saturated heterocycles. The number of carbonyl (C=O) groups excluding carboxylic acids is 1. The highest BCUT2D eigenvalue weighted by Gasteiger charge is 2.39.